The van der Waals surface area contributed by atoms with Crippen molar-refractivity contribution in [3.63, 3.8) is 0 Å². The van der Waals surface area contributed by atoms with Gasteiger partial charge in [0.1, 0.15) is 5.75 Å². The molecule has 0 atom stereocenters. The number of ketones is 1. The summed E-state index contributed by atoms with van der Waals surface area (Å²) in [4.78, 5) is 28.1. The number of ether oxygens (including phenoxy) is 1. The lowest BCUT2D eigenvalue weighted by Crippen LogP contribution is -2.49. The summed E-state index contributed by atoms with van der Waals surface area (Å²) in [5.41, 5.74) is 2.97. The zero-order valence-corrected chi connectivity index (χ0v) is 21.1. The van der Waals surface area contributed by atoms with Crippen molar-refractivity contribution in [2.24, 2.45) is 0 Å². The van der Waals surface area contributed by atoms with Crippen molar-refractivity contribution >= 4 is 33.1 Å². The van der Waals surface area contributed by atoms with E-state index < -0.39 is 0 Å². The molecule has 0 saturated carbocycles. The summed E-state index contributed by atoms with van der Waals surface area (Å²) in [6, 6.07) is 23.1. The van der Waals surface area contributed by atoms with E-state index in [-0.39, 0.29) is 11.7 Å². The molecule has 1 saturated heterocycles. The molecule has 1 amide bonds. The molecular formula is C30H30NO3S+. The lowest BCUT2D eigenvalue weighted by atomic mass is 9.96. The molecule has 4 nitrogen and oxygen atoms in total. The third-order valence-corrected chi connectivity index (χ3v) is 8.33. The zero-order chi connectivity index (χ0) is 24.4. The van der Waals surface area contributed by atoms with Crippen molar-refractivity contribution in [3.8, 4) is 16.2 Å². The largest absolute Gasteiger partial charge is 0.497 e. The van der Waals surface area contributed by atoms with Crippen molar-refractivity contribution in [1.82, 2.24) is 0 Å². The van der Waals surface area contributed by atoms with Crippen LogP contribution in [0.1, 0.15) is 52.0 Å². The number of carbonyl (C=O) groups is 2. The van der Waals surface area contributed by atoms with Crippen LogP contribution >= 0.6 is 11.3 Å². The molecule has 35 heavy (non-hydrogen) atoms. The van der Waals surface area contributed by atoms with Gasteiger partial charge in [0.2, 0.25) is 0 Å². The van der Waals surface area contributed by atoms with Gasteiger partial charge in [0.15, 0.2) is 5.78 Å². The number of rotatable bonds is 5. The van der Waals surface area contributed by atoms with Gasteiger partial charge in [0.25, 0.3) is 0 Å². The molecule has 1 aliphatic rings. The highest BCUT2D eigenvalue weighted by Gasteiger charge is 2.33. The van der Waals surface area contributed by atoms with Crippen molar-refractivity contribution in [3.05, 3.63) is 89.5 Å². The van der Waals surface area contributed by atoms with Gasteiger partial charge in [0, 0.05) is 26.1 Å². The molecule has 0 bridgehead atoms. The number of benzene rings is 3. The number of likely N-dealkylation sites (tertiary alicyclic amines) is 1. The molecule has 1 aliphatic heterocycles. The van der Waals surface area contributed by atoms with Crippen LogP contribution in [-0.2, 0) is 0 Å². The maximum absolute atomic E-state index is 13.8. The average Bonchev–Trinajstić information content (AvgIpc) is 3.15. The lowest BCUT2D eigenvalue weighted by molar-refractivity contribution is -0.827. The molecular weight excluding hydrogens is 454 g/mol. The summed E-state index contributed by atoms with van der Waals surface area (Å²) >= 11 is 1.62. The fourth-order valence-corrected chi connectivity index (χ4v) is 6.23. The minimum Gasteiger partial charge on any atom is -0.497 e. The van der Waals surface area contributed by atoms with Crippen LogP contribution in [0.3, 0.4) is 0 Å². The fourth-order valence-electron chi connectivity index (χ4n) is 5.03. The van der Waals surface area contributed by atoms with Crippen LogP contribution in [0.25, 0.3) is 20.5 Å². The van der Waals surface area contributed by atoms with Crippen molar-refractivity contribution in [2.75, 3.05) is 27.2 Å². The number of fused-ring (bicyclic) bond motifs is 1. The predicted octanol–water partition coefficient (Wildman–Crippen LogP) is 6.97. The Morgan fingerprint density at radius 1 is 0.800 bits per heavy atom. The second-order valence-corrected chi connectivity index (χ2v) is 10.6. The van der Waals surface area contributed by atoms with E-state index in [0.29, 0.717) is 21.2 Å². The number of nitrogens with zero attached hydrogens (tertiary/aromatic N) is 1. The Morgan fingerprint density at radius 3 is 2.09 bits per heavy atom. The van der Waals surface area contributed by atoms with Crippen molar-refractivity contribution in [1.29, 1.82) is 0 Å². The maximum atomic E-state index is 13.8. The fraction of sp³-hybridized carbons (Fsp3) is 0.267. The standard InChI is InChI=1S/C30H30NO3S/c1-31(19-7-3-4-8-20-31)30(33)23-13-11-21(12-14-23)28(32)27-25-9-5-6-10-26(25)35-29(27)22-15-17-24(34-2)18-16-22/h5-6,9-18H,3-4,7-8,19-20H2,1-2H3/q+1. The Kier molecular flexibility index (Phi) is 6.54. The van der Waals surface area contributed by atoms with Crippen molar-refractivity contribution < 1.29 is 18.8 Å². The molecule has 178 valence electrons. The Bertz CT molecular complexity index is 1360. The SMILES string of the molecule is COc1ccc(-c2sc3ccccc3c2C(=O)c2ccc(C(=O)[N+]3(C)CCCCCC3)cc2)cc1. The van der Waals surface area contributed by atoms with Crippen LogP contribution in [0, 0.1) is 0 Å². The first kappa shape index (κ1) is 23.5. The monoisotopic (exact) mass is 484 g/mol. The Hall–Kier alpha value is -3.28. The smallest absolute Gasteiger partial charge is 0.345 e. The van der Waals surface area contributed by atoms with E-state index in [1.807, 2.05) is 73.8 Å². The summed E-state index contributed by atoms with van der Waals surface area (Å²) in [6.45, 7) is 1.76. The minimum absolute atomic E-state index is 0.0255. The minimum atomic E-state index is -0.0255. The topological polar surface area (TPSA) is 43.4 Å². The van der Waals surface area contributed by atoms with E-state index >= 15 is 0 Å². The number of amides is 1. The first-order valence-corrected chi connectivity index (χ1v) is 13.0. The summed E-state index contributed by atoms with van der Waals surface area (Å²) in [5.74, 6) is 0.900. The Morgan fingerprint density at radius 2 is 1.43 bits per heavy atom. The van der Waals surface area contributed by atoms with Gasteiger partial charge in [-0.3, -0.25) is 9.28 Å². The number of hydrogen-bond acceptors (Lipinski definition) is 4. The molecule has 1 aromatic heterocycles. The summed E-state index contributed by atoms with van der Waals surface area (Å²) in [6.07, 6.45) is 4.55. The number of methoxy groups -OCH3 is 1. The van der Waals surface area contributed by atoms with Crippen LogP contribution in [0.15, 0.2) is 72.8 Å². The van der Waals surface area contributed by atoms with E-state index in [1.165, 1.54) is 12.8 Å². The van der Waals surface area contributed by atoms with E-state index in [9.17, 15) is 9.59 Å². The predicted molar refractivity (Wildman–Crippen MR) is 142 cm³/mol. The molecule has 0 N–H and O–H groups in total. The van der Waals surface area contributed by atoms with Gasteiger partial charge >= 0.3 is 5.91 Å². The van der Waals surface area contributed by atoms with Gasteiger partial charge < -0.3 is 4.74 Å². The Balaban J connectivity index is 1.50. The van der Waals surface area contributed by atoms with Crippen LogP contribution in [-0.4, -0.2) is 43.4 Å². The second kappa shape index (κ2) is 9.76. The van der Waals surface area contributed by atoms with Crippen LogP contribution < -0.4 is 4.74 Å². The normalized spacial score (nSPS) is 15.5. The summed E-state index contributed by atoms with van der Waals surface area (Å²) in [7, 11) is 3.69. The van der Waals surface area contributed by atoms with Crippen LogP contribution in [0.2, 0.25) is 0 Å². The van der Waals surface area contributed by atoms with Crippen LogP contribution in [0.5, 0.6) is 5.75 Å². The van der Waals surface area contributed by atoms with Crippen molar-refractivity contribution in [2.45, 2.75) is 25.7 Å². The Labute approximate surface area is 210 Å². The van der Waals surface area contributed by atoms with E-state index in [1.54, 1.807) is 18.4 Å². The molecule has 5 rings (SSSR count). The highest BCUT2D eigenvalue weighted by atomic mass is 32.1. The summed E-state index contributed by atoms with van der Waals surface area (Å²) in [5, 5.41) is 0.955. The molecule has 1 fully saturated rings. The molecule has 0 aliphatic carbocycles. The summed E-state index contributed by atoms with van der Waals surface area (Å²) < 4.78 is 6.83. The van der Waals surface area contributed by atoms with Gasteiger partial charge in [-0.2, -0.15) is 0 Å². The number of thiophene rings is 1. The lowest BCUT2D eigenvalue weighted by Gasteiger charge is -2.30. The van der Waals surface area contributed by atoms with Gasteiger partial charge in [-0.25, -0.2) is 4.79 Å². The molecule has 0 unspecified atom stereocenters. The van der Waals surface area contributed by atoms with Gasteiger partial charge in [-0.05, 0) is 73.7 Å². The molecule has 0 radical (unpaired) electrons. The number of carbonyl (C=O) groups excluding carboxylic acids is 2. The van der Waals surface area contributed by atoms with Gasteiger partial charge in [0.05, 0.1) is 32.8 Å². The number of hydrogen-bond donors (Lipinski definition) is 0. The molecule has 2 heterocycles. The first-order chi connectivity index (χ1) is 17.0. The third-order valence-electron chi connectivity index (χ3n) is 7.11. The zero-order valence-electron chi connectivity index (χ0n) is 20.3. The first-order valence-electron chi connectivity index (χ1n) is 12.2. The maximum Gasteiger partial charge on any atom is 0.345 e. The highest BCUT2D eigenvalue weighted by Crippen LogP contribution is 2.40. The number of quaternary nitrogens is 1. The van der Waals surface area contributed by atoms with Gasteiger partial charge in [-0.1, -0.05) is 30.3 Å². The second-order valence-electron chi connectivity index (χ2n) is 9.50. The van der Waals surface area contributed by atoms with Crippen LogP contribution in [0.4, 0.5) is 0 Å². The van der Waals surface area contributed by atoms with Gasteiger partial charge in [-0.15, -0.1) is 11.3 Å². The molecule has 5 heteroatoms. The average molecular weight is 485 g/mol. The van der Waals surface area contributed by atoms with E-state index in [0.717, 1.165) is 52.2 Å². The third kappa shape index (κ3) is 4.54. The molecule has 4 aromatic rings. The van der Waals surface area contributed by atoms with E-state index in [2.05, 4.69) is 6.07 Å². The quantitative estimate of drug-likeness (QED) is 0.227. The highest BCUT2D eigenvalue weighted by molar-refractivity contribution is 7.22. The molecule has 0 spiro atoms. The molecule has 3 aromatic carbocycles. The van der Waals surface area contributed by atoms with E-state index in [4.69, 9.17) is 4.74 Å².